The molecule has 94 valence electrons. The minimum Gasteiger partial charge on any atom is -0.389 e. The summed E-state index contributed by atoms with van der Waals surface area (Å²) in [5.41, 5.74) is -0.397. The van der Waals surface area contributed by atoms with Gasteiger partial charge < -0.3 is 14.6 Å². The second kappa shape index (κ2) is 8.54. The van der Waals surface area contributed by atoms with E-state index in [1.807, 2.05) is 20.8 Å². The first-order valence-electron chi connectivity index (χ1n) is 5.58. The SMILES string of the molecule is C#CC(C)(C)NCC(O)COCCOCC. The Balaban J connectivity index is 3.45. The Hall–Kier alpha value is -0.600. The molecule has 0 aliphatic carbocycles. The fraction of sp³-hybridized carbons (Fsp3) is 0.833. The molecule has 0 saturated heterocycles. The Morgan fingerprint density at radius 1 is 1.38 bits per heavy atom. The molecule has 0 heterocycles. The second-order valence-corrected chi connectivity index (χ2v) is 4.08. The van der Waals surface area contributed by atoms with Gasteiger partial charge in [-0.3, -0.25) is 5.32 Å². The van der Waals surface area contributed by atoms with Gasteiger partial charge in [0, 0.05) is 13.2 Å². The van der Waals surface area contributed by atoms with Crippen LogP contribution in [0.15, 0.2) is 0 Å². The van der Waals surface area contributed by atoms with Crippen LogP contribution >= 0.6 is 0 Å². The molecule has 16 heavy (non-hydrogen) atoms. The molecular formula is C12H23NO3. The first kappa shape index (κ1) is 15.4. The largest absolute Gasteiger partial charge is 0.389 e. The van der Waals surface area contributed by atoms with Gasteiger partial charge in [-0.15, -0.1) is 6.42 Å². The Kier molecular flexibility index (Phi) is 8.22. The normalized spacial score (nSPS) is 13.4. The maximum absolute atomic E-state index is 9.57. The fourth-order valence-corrected chi connectivity index (χ4v) is 0.964. The van der Waals surface area contributed by atoms with Crippen LogP contribution in [0.1, 0.15) is 20.8 Å². The van der Waals surface area contributed by atoms with Crippen LogP contribution in [-0.2, 0) is 9.47 Å². The van der Waals surface area contributed by atoms with E-state index < -0.39 is 11.6 Å². The Labute approximate surface area is 98.3 Å². The molecule has 0 radical (unpaired) electrons. The highest BCUT2D eigenvalue weighted by atomic mass is 16.5. The number of hydrogen-bond acceptors (Lipinski definition) is 4. The van der Waals surface area contributed by atoms with Gasteiger partial charge in [-0.2, -0.15) is 0 Å². The van der Waals surface area contributed by atoms with E-state index in [2.05, 4.69) is 11.2 Å². The lowest BCUT2D eigenvalue weighted by Gasteiger charge is -2.21. The minimum atomic E-state index is -0.547. The molecule has 0 aliphatic rings. The van der Waals surface area contributed by atoms with Gasteiger partial charge in [0.25, 0.3) is 0 Å². The molecule has 0 rings (SSSR count). The van der Waals surface area contributed by atoms with E-state index in [1.54, 1.807) is 0 Å². The van der Waals surface area contributed by atoms with Gasteiger partial charge in [0.05, 0.1) is 31.5 Å². The zero-order valence-electron chi connectivity index (χ0n) is 10.5. The summed E-state index contributed by atoms with van der Waals surface area (Å²) in [4.78, 5) is 0. The number of terminal acetylenes is 1. The van der Waals surface area contributed by atoms with Crippen LogP contribution in [0, 0.1) is 12.3 Å². The summed E-state index contributed by atoms with van der Waals surface area (Å²) in [6, 6.07) is 0. The van der Waals surface area contributed by atoms with Crippen molar-refractivity contribution in [2.45, 2.75) is 32.4 Å². The highest BCUT2D eigenvalue weighted by Gasteiger charge is 2.14. The maximum Gasteiger partial charge on any atom is 0.0898 e. The van der Waals surface area contributed by atoms with E-state index >= 15 is 0 Å². The number of rotatable bonds is 9. The van der Waals surface area contributed by atoms with Crippen molar-refractivity contribution in [1.29, 1.82) is 0 Å². The third kappa shape index (κ3) is 8.69. The van der Waals surface area contributed by atoms with Crippen molar-refractivity contribution in [2.24, 2.45) is 0 Å². The summed E-state index contributed by atoms with van der Waals surface area (Å²) in [7, 11) is 0. The van der Waals surface area contributed by atoms with Crippen LogP contribution < -0.4 is 5.32 Å². The Morgan fingerprint density at radius 2 is 2.00 bits per heavy atom. The number of ether oxygens (including phenoxy) is 2. The van der Waals surface area contributed by atoms with Crippen molar-refractivity contribution in [3.8, 4) is 12.3 Å². The van der Waals surface area contributed by atoms with Crippen molar-refractivity contribution in [3.05, 3.63) is 0 Å². The lowest BCUT2D eigenvalue weighted by molar-refractivity contribution is 0.00534. The smallest absolute Gasteiger partial charge is 0.0898 e. The number of aliphatic hydroxyl groups is 1. The Bertz CT molecular complexity index is 211. The van der Waals surface area contributed by atoms with Crippen LogP contribution in [0.3, 0.4) is 0 Å². The molecule has 0 fully saturated rings. The zero-order valence-corrected chi connectivity index (χ0v) is 10.5. The monoisotopic (exact) mass is 229 g/mol. The number of β-amino-alcohol motifs (C(OH)–C–C–N with tert-alkyl or cyclic N) is 1. The first-order chi connectivity index (χ1) is 7.52. The zero-order chi connectivity index (χ0) is 12.4. The molecule has 0 aliphatic heterocycles. The molecule has 0 aromatic rings. The molecule has 2 N–H and O–H groups in total. The molecule has 0 amide bonds. The molecule has 4 nitrogen and oxygen atoms in total. The summed E-state index contributed by atoms with van der Waals surface area (Å²) < 4.78 is 10.3. The van der Waals surface area contributed by atoms with Crippen molar-refractivity contribution >= 4 is 0 Å². The summed E-state index contributed by atoms with van der Waals surface area (Å²) in [6.07, 6.45) is 4.76. The van der Waals surface area contributed by atoms with E-state index in [0.717, 1.165) is 0 Å². The average Bonchev–Trinajstić information content (AvgIpc) is 2.26. The van der Waals surface area contributed by atoms with Crippen LogP contribution in [0.5, 0.6) is 0 Å². The topological polar surface area (TPSA) is 50.7 Å². The van der Waals surface area contributed by atoms with E-state index in [1.165, 1.54) is 0 Å². The summed E-state index contributed by atoms with van der Waals surface area (Å²) >= 11 is 0. The molecule has 0 spiro atoms. The minimum absolute atomic E-state index is 0.292. The summed E-state index contributed by atoms with van der Waals surface area (Å²) in [6.45, 7) is 8.16. The molecule has 0 aromatic heterocycles. The predicted molar refractivity (Wildman–Crippen MR) is 64.2 cm³/mol. The van der Waals surface area contributed by atoms with Crippen LogP contribution in [-0.4, -0.2) is 49.7 Å². The van der Waals surface area contributed by atoms with Gasteiger partial charge in [-0.25, -0.2) is 0 Å². The van der Waals surface area contributed by atoms with Crippen molar-refractivity contribution < 1.29 is 14.6 Å². The maximum atomic E-state index is 9.57. The molecule has 0 bridgehead atoms. The lowest BCUT2D eigenvalue weighted by atomic mass is 10.1. The van der Waals surface area contributed by atoms with Crippen molar-refractivity contribution in [3.63, 3.8) is 0 Å². The van der Waals surface area contributed by atoms with Gasteiger partial charge in [-0.05, 0) is 20.8 Å². The predicted octanol–water partition coefficient (Wildman–Crippen LogP) is 0.402. The summed E-state index contributed by atoms with van der Waals surface area (Å²) in [5, 5.41) is 12.6. The molecule has 4 heteroatoms. The van der Waals surface area contributed by atoms with Crippen LogP contribution in [0.25, 0.3) is 0 Å². The van der Waals surface area contributed by atoms with E-state index in [0.29, 0.717) is 33.0 Å². The fourth-order valence-electron chi connectivity index (χ4n) is 0.964. The van der Waals surface area contributed by atoms with Gasteiger partial charge >= 0.3 is 0 Å². The Morgan fingerprint density at radius 3 is 2.56 bits per heavy atom. The van der Waals surface area contributed by atoms with Crippen molar-refractivity contribution in [2.75, 3.05) is 33.0 Å². The molecular weight excluding hydrogens is 206 g/mol. The van der Waals surface area contributed by atoms with Gasteiger partial charge in [0.2, 0.25) is 0 Å². The number of hydrogen-bond donors (Lipinski definition) is 2. The highest BCUT2D eigenvalue weighted by Crippen LogP contribution is 1.98. The first-order valence-corrected chi connectivity index (χ1v) is 5.58. The van der Waals surface area contributed by atoms with Gasteiger partial charge in [0.1, 0.15) is 0 Å². The standard InChI is InChI=1S/C12H23NO3/c1-5-12(3,4)13-9-11(14)10-16-8-7-15-6-2/h1,11,13-14H,6-10H2,2-4H3. The van der Waals surface area contributed by atoms with Crippen LogP contribution in [0.2, 0.25) is 0 Å². The second-order valence-electron chi connectivity index (χ2n) is 4.08. The third-order valence-corrected chi connectivity index (χ3v) is 2.03. The molecule has 1 atom stereocenters. The lowest BCUT2D eigenvalue weighted by Crippen LogP contribution is -2.43. The highest BCUT2D eigenvalue weighted by molar-refractivity contribution is 5.07. The molecule has 0 aromatic carbocycles. The summed E-state index contributed by atoms with van der Waals surface area (Å²) in [5.74, 6) is 2.60. The van der Waals surface area contributed by atoms with Crippen molar-refractivity contribution in [1.82, 2.24) is 5.32 Å². The van der Waals surface area contributed by atoms with E-state index in [-0.39, 0.29) is 0 Å². The van der Waals surface area contributed by atoms with E-state index in [4.69, 9.17) is 15.9 Å². The van der Waals surface area contributed by atoms with Gasteiger partial charge in [-0.1, -0.05) is 5.92 Å². The number of aliphatic hydroxyl groups excluding tert-OH is 1. The van der Waals surface area contributed by atoms with E-state index in [9.17, 15) is 5.11 Å². The van der Waals surface area contributed by atoms with Crippen LogP contribution in [0.4, 0.5) is 0 Å². The number of nitrogens with one attached hydrogen (secondary N) is 1. The molecule has 0 saturated carbocycles. The third-order valence-electron chi connectivity index (χ3n) is 2.03. The quantitative estimate of drug-likeness (QED) is 0.444. The van der Waals surface area contributed by atoms with Gasteiger partial charge in [0.15, 0.2) is 0 Å². The average molecular weight is 229 g/mol. The molecule has 1 unspecified atom stereocenters.